The van der Waals surface area contributed by atoms with Crippen molar-refractivity contribution in [1.29, 1.82) is 0 Å². The van der Waals surface area contributed by atoms with E-state index < -0.39 is 17.9 Å². The quantitative estimate of drug-likeness (QED) is 0.585. The lowest BCUT2D eigenvalue weighted by atomic mass is 10.2. The van der Waals surface area contributed by atoms with Gasteiger partial charge in [0.15, 0.2) is 0 Å². The highest BCUT2D eigenvalue weighted by Crippen LogP contribution is 2.34. The summed E-state index contributed by atoms with van der Waals surface area (Å²) in [6.07, 6.45) is 3.06. The van der Waals surface area contributed by atoms with E-state index in [2.05, 4.69) is 5.32 Å². The molecule has 0 saturated carbocycles. The molecule has 7 nitrogen and oxygen atoms in total. The zero-order valence-electron chi connectivity index (χ0n) is 14.0. The standard InChI is InChI=1S/C18H14N2O5S2/c1-10(15(21)19-12-5-2-4-11(8-12)17(23)24)20-16(22)14(27-18(20)26)9-13-6-3-7-25-13/h2-10H,1H3,(H,19,21)(H,23,24)/b14-9+/t10-/m1/s1. The zero-order chi connectivity index (χ0) is 19.6. The smallest absolute Gasteiger partial charge is 0.335 e. The molecule has 2 amide bonds. The number of amides is 2. The Labute approximate surface area is 164 Å². The summed E-state index contributed by atoms with van der Waals surface area (Å²) in [5.74, 6) is -1.45. The largest absolute Gasteiger partial charge is 0.478 e. The maximum atomic E-state index is 12.6. The van der Waals surface area contributed by atoms with E-state index in [-0.39, 0.29) is 15.8 Å². The van der Waals surface area contributed by atoms with Crippen molar-refractivity contribution < 1.29 is 23.9 Å². The third kappa shape index (κ3) is 4.09. The number of anilines is 1. The second-order valence-electron chi connectivity index (χ2n) is 5.62. The van der Waals surface area contributed by atoms with Crippen molar-refractivity contribution in [3.05, 3.63) is 58.9 Å². The number of carbonyl (C=O) groups excluding carboxylic acids is 2. The van der Waals surface area contributed by atoms with Gasteiger partial charge in [-0.2, -0.15) is 0 Å². The van der Waals surface area contributed by atoms with Crippen LogP contribution in [0.4, 0.5) is 5.69 Å². The molecule has 1 fully saturated rings. The summed E-state index contributed by atoms with van der Waals surface area (Å²) >= 11 is 6.33. The first kappa shape index (κ1) is 18.9. The molecule has 2 N–H and O–H groups in total. The van der Waals surface area contributed by atoms with Gasteiger partial charge in [-0.25, -0.2) is 4.79 Å². The second-order valence-corrected chi connectivity index (χ2v) is 7.29. The molecule has 1 aromatic carbocycles. The molecule has 3 rings (SSSR count). The molecule has 0 bridgehead atoms. The molecule has 0 radical (unpaired) electrons. The number of hydrogen-bond acceptors (Lipinski definition) is 6. The molecular weight excluding hydrogens is 388 g/mol. The van der Waals surface area contributed by atoms with Gasteiger partial charge in [0.05, 0.1) is 16.7 Å². The van der Waals surface area contributed by atoms with E-state index in [0.29, 0.717) is 16.4 Å². The lowest BCUT2D eigenvalue weighted by molar-refractivity contribution is -0.129. The average Bonchev–Trinajstić information content (AvgIpc) is 3.23. The minimum atomic E-state index is -1.10. The Hall–Kier alpha value is -2.91. The topological polar surface area (TPSA) is 99.9 Å². The number of benzene rings is 1. The van der Waals surface area contributed by atoms with E-state index in [1.54, 1.807) is 31.2 Å². The first-order valence-electron chi connectivity index (χ1n) is 7.81. The number of carboxylic acid groups (broad SMARTS) is 1. The highest BCUT2D eigenvalue weighted by atomic mass is 32.2. The third-order valence-electron chi connectivity index (χ3n) is 3.78. The Kier molecular flexibility index (Phi) is 5.43. The Bertz CT molecular complexity index is 952. The third-order valence-corrected chi connectivity index (χ3v) is 5.11. The number of thiocarbonyl (C=S) groups is 1. The van der Waals surface area contributed by atoms with E-state index in [0.717, 1.165) is 11.8 Å². The van der Waals surface area contributed by atoms with Crippen LogP contribution in [0, 0.1) is 0 Å². The van der Waals surface area contributed by atoms with E-state index in [1.807, 2.05) is 0 Å². The average molecular weight is 402 g/mol. The van der Waals surface area contributed by atoms with Gasteiger partial charge >= 0.3 is 5.97 Å². The Morgan fingerprint density at radius 1 is 1.33 bits per heavy atom. The summed E-state index contributed by atoms with van der Waals surface area (Å²) < 4.78 is 5.46. The van der Waals surface area contributed by atoms with E-state index in [9.17, 15) is 14.4 Å². The van der Waals surface area contributed by atoms with Crippen molar-refractivity contribution in [3.63, 3.8) is 0 Å². The van der Waals surface area contributed by atoms with E-state index in [1.165, 1.54) is 29.4 Å². The Morgan fingerprint density at radius 3 is 2.78 bits per heavy atom. The molecule has 1 aromatic heterocycles. The number of nitrogens with zero attached hydrogens (tertiary/aromatic N) is 1. The molecule has 138 valence electrons. The lowest BCUT2D eigenvalue weighted by Gasteiger charge is -2.22. The molecule has 2 aromatic rings. The normalized spacial score (nSPS) is 16.6. The van der Waals surface area contributed by atoms with Crippen LogP contribution in [0.1, 0.15) is 23.0 Å². The molecule has 2 heterocycles. The van der Waals surface area contributed by atoms with E-state index in [4.69, 9.17) is 21.7 Å². The van der Waals surface area contributed by atoms with Gasteiger partial charge in [0.25, 0.3) is 5.91 Å². The molecular formula is C18H14N2O5S2. The SMILES string of the molecule is C[C@H](C(=O)Nc1cccc(C(=O)O)c1)N1C(=O)/C(=C\c2ccco2)SC1=S. The molecule has 27 heavy (non-hydrogen) atoms. The Morgan fingerprint density at radius 2 is 2.11 bits per heavy atom. The molecule has 1 saturated heterocycles. The highest BCUT2D eigenvalue weighted by Gasteiger charge is 2.38. The number of aromatic carboxylic acids is 1. The molecule has 0 aliphatic carbocycles. The summed E-state index contributed by atoms with van der Waals surface area (Å²) in [5.41, 5.74) is 0.371. The van der Waals surface area contributed by atoms with Crippen molar-refractivity contribution in [2.45, 2.75) is 13.0 Å². The van der Waals surface area contributed by atoms with Crippen LogP contribution in [-0.4, -0.2) is 38.2 Å². The van der Waals surface area contributed by atoms with Gasteiger partial charge in [0.1, 0.15) is 16.1 Å². The number of furan rings is 1. The minimum absolute atomic E-state index is 0.0486. The lowest BCUT2D eigenvalue weighted by Crippen LogP contribution is -2.44. The maximum absolute atomic E-state index is 12.6. The number of carbonyl (C=O) groups is 3. The number of nitrogens with one attached hydrogen (secondary N) is 1. The van der Waals surface area contributed by atoms with Crippen LogP contribution in [-0.2, 0) is 9.59 Å². The van der Waals surface area contributed by atoms with Gasteiger partial charge in [-0.1, -0.05) is 30.0 Å². The molecule has 0 unspecified atom stereocenters. The monoisotopic (exact) mass is 402 g/mol. The van der Waals surface area contributed by atoms with Crippen LogP contribution >= 0.6 is 24.0 Å². The van der Waals surface area contributed by atoms with Gasteiger partial charge in [0.2, 0.25) is 5.91 Å². The Balaban J connectivity index is 1.75. The van der Waals surface area contributed by atoms with Crippen LogP contribution in [0.2, 0.25) is 0 Å². The van der Waals surface area contributed by atoms with Crippen LogP contribution < -0.4 is 5.32 Å². The summed E-state index contributed by atoms with van der Waals surface area (Å²) in [4.78, 5) is 37.8. The van der Waals surface area contributed by atoms with Gasteiger partial charge in [0, 0.05) is 11.8 Å². The predicted molar refractivity (Wildman–Crippen MR) is 105 cm³/mol. The number of hydrogen-bond donors (Lipinski definition) is 2. The first-order valence-corrected chi connectivity index (χ1v) is 9.04. The fraction of sp³-hybridized carbons (Fsp3) is 0.111. The fourth-order valence-corrected chi connectivity index (χ4v) is 3.81. The summed E-state index contributed by atoms with van der Waals surface area (Å²) in [6, 6.07) is 8.39. The molecule has 9 heteroatoms. The van der Waals surface area contributed by atoms with Gasteiger partial charge in [-0.15, -0.1) is 0 Å². The van der Waals surface area contributed by atoms with Crippen molar-refractivity contribution in [2.75, 3.05) is 5.32 Å². The number of thioether (sulfide) groups is 1. The van der Waals surface area contributed by atoms with Crippen LogP contribution in [0.25, 0.3) is 6.08 Å². The predicted octanol–water partition coefficient (Wildman–Crippen LogP) is 3.21. The maximum Gasteiger partial charge on any atom is 0.335 e. The molecule has 1 aliphatic rings. The van der Waals surface area contributed by atoms with Crippen molar-refractivity contribution in [1.82, 2.24) is 4.90 Å². The molecule has 1 atom stereocenters. The van der Waals surface area contributed by atoms with Gasteiger partial charge in [-0.3, -0.25) is 14.5 Å². The summed E-state index contributed by atoms with van der Waals surface area (Å²) in [6.45, 7) is 1.55. The van der Waals surface area contributed by atoms with Crippen LogP contribution in [0.5, 0.6) is 0 Å². The first-order chi connectivity index (χ1) is 12.9. The van der Waals surface area contributed by atoms with Crippen molar-refractivity contribution in [2.24, 2.45) is 0 Å². The summed E-state index contributed by atoms with van der Waals surface area (Å²) in [5, 5.41) is 11.6. The van der Waals surface area contributed by atoms with Crippen molar-refractivity contribution in [3.8, 4) is 0 Å². The van der Waals surface area contributed by atoms with E-state index >= 15 is 0 Å². The second kappa shape index (κ2) is 7.77. The highest BCUT2D eigenvalue weighted by molar-refractivity contribution is 8.26. The number of carboxylic acids is 1. The zero-order valence-corrected chi connectivity index (χ0v) is 15.7. The molecule has 0 spiro atoms. The fourth-order valence-electron chi connectivity index (χ4n) is 2.41. The summed E-state index contributed by atoms with van der Waals surface area (Å²) in [7, 11) is 0. The van der Waals surface area contributed by atoms with Gasteiger partial charge in [-0.05, 0) is 37.3 Å². The molecule has 1 aliphatic heterocycles. The van der Waals surface area contributed by atoms with Crippen LogP contribution in [0.15, 0.2) is 52.0 Å². The minimum Gasteiger partial charge on any atom is -0.478 e. The van der Waals surface area contributed by atoms with Crippen molar-refractivity contribution >= 4 is 57.8 Å². The van der Waals surface area contributed by atoms with Gasteiger partial charge < -0.3 is 14.8 Å². The van der Waals surface area contributed by atoms with Crippen LogP contribution in [0.3, 0.4) is 0 Å². The number of rotatable bonds is 5.